The maximum absolute atomic E-state index is 12.0. The highest BCUT2D eigenvalue weighted by atomic mass is 19.4. The summed E-state index contributed by atoms with van der Waals surface area (Å²) in [5.74, 6) is 0.835. The van der Waals surface area contributed by atoms with Crippen LogP contribution in [0.4, 0.5) is 13.2 Å². The summed E-state index contributed by atoms with van der Waals surface area (Å²) in [5, 5.41) is 6.66. The van der Waals surface area contributed by atoms with Gasteiger partial charge in [-0.1, -0.05) is 0 Å². The van der Waals surface area contributed by atoms with Crippen molar-refractivity contribution in [2.45, 2.75) is 12.7 Å². The number of hydrogen-bond donors (Lipinski definition) is 1. The van der Waals surface area contributed by atoms with Gasteiger partial charge in [-0.3, -0.25) is 4.68 Å². The number of hydrogen-bond acceptors (Lipinski definition) is 3. The predicted molar refractivity (Wildman–Crippen MR) is 50.1 cm³/mol. The largest absolute Gasteiger partial charge is 0.490 e. The lowest BCUT2D eigenvalue weighted by Crippen LogP contribution is -2.45. The normalized spacial score (nSPS) is 17.2. The Morgan fingerprint density at radius 3 is 2.81 bits per heavy atom. The third-order valence-electron chi connectivity index (χ3n) is 2.30. The second kappa shape index (κ2) is 4.32. The molecule has 16 heavy (non-hydrogen) atoms. The molecule has 1 aliphatic heterocycles. The molecule has 0 aliphatic carbocycles. The molecule has 1 saturated heterocycles. The monoisotopic (exact) mass is 235 g/mol. The number of aromatic nitrogens is 2. The number of ether oxygens (including phenoxy) is 1. The molecule has 0 aromatic carbocycles. The number of nitrogens with zero attached hydrogens (tertiary/aromatic N) is 2. The van der Waals surface area contributed by atoms with Gasteiger partial charge in [0.15, 0.2) is 5.75 Å². The molecule has 0 spiro atoms. The third kappa shape index (κ3) is 3.13. The third-order valence-corrected chi connectivity index (χ3v) is 2.30. The number of nitrogens with one attached hydrogen (secondary N) is 1. The van der Waals surface area contributed by atoms with Gasteiger partial charge in [0.25, 0.3) is 0 Å². The Labute approximate surface area is 90.4 Å². The van der Waals surface area contributed by atoms with E-state index < -0.39 is 12.7 Å². The van der Waals surface area contributed by atoms with Crippen LogP contribution in [-0.2, 0) is 6.54 Å². The Morgan fingerprint density at radius 1 is 1.50 bits per heavy atom. The molecule has 90 valence electrons. The van der Waals surface area contributed by atoms with Crippen molar-refractivity contribution in [2.75, 3.05) is 19.7 Å². The Morgan fingerprint density at radius 2 is 2.25 bits per heavy atom. The molecule has 1 aromatic rings. The number of halogens is 3. The fourth-order valence-electron chi connectivity index (χ4n) is 1.37. The Kier molecular flexibility index (Phi) is 3.04. The molecule has 2 heterocycles. The second-order valence-electron chi connectivity index (χ2n) is 3.82. The van der Waals surface area contributed by atoms with Crippen LogP contribution < -0.4 is 10.1 Å². The number of alkyl halides is 3. The Balaban J connectivity index is 1.81. The van der Waals surface area contributed by atoms with E-state index in [0.717, 1.165) is 17.8 Å². The lowest BCUT2D eigenvalue weighted by molar-refractivity contribution is -0.142. The van der Waals surface area contributed by atoms with Gasteiger partial charge in [0, 0.05) is 19.0 Å². The van der Waals surface area contributed by atoms with Crippen LogP contribution in [0.3, 0.4) is 0 Å². The molecule has 1 aliphatic rings. The molecule has 0 unspecified atom stereocenters. The van der Waals surface area contributed by atoms with E-state index >= 15 is 0 Å². The molecule has 1 aromatic heterocycles. The summed E-state index contributed by atoms with van der Waals surface area (Å²) >= 11 is 0. The average Bonchev–Trinajstić information content (AvgIpc) is 2.46. The number of rotatable bonds is 4. The maximum Gasteiger partial charge on any atom is 0.408 e. The highest BCUT2D eigenvalue weighted by Gasteiger charge is 2.28. The van der Waals surface area contributed by atoms with Gasteiger partial charge in [0.05, 0.1) is 19.0 Å². The Bertz CT molecular complexity index is 346. The van der Waals surface area contributed by atoms with Crippen molar-refractivity contribution in [1.29, 1.82) is 0 Å². The molecule has 0 bridgehead atoms. The summed E-state index contributed by atoms with van der Waals surface area (Å²) in [6.07, 6.45) is -1.68. The predicted octanol–water partition coefficient (Wildman–Crippen LogP) is 1.04. The molecule has 1 N–H and O–H groups in total. The molecule has 1 fully saturated rings. The van der Waals surface area contributed by atoms with Crippen LogP contribution in [0.5, 0.6) is 5.75 Å². The van der Waals surface area contributed by atoms with Gasteiger partial charge in [-0.25, -0.2) is 0 Å². The molecule has 2 rings (SSSR count). The van der Waals surface area contributed by atoms with Crippen molar-refractivity contribution in [3.8, 4) is 5.75 Å². The van der Waals surface area contributed by atoms with Crippen LogP contribution in [0.25, 0.3) is 0 Å². The van der Waals surface area contributed by atoms with E-state index in [2.05, 4.69) is 10.4 Å². The van der Waals surface area contributed by atoms with E-state index in [0.29, 0.717) is 18.3 Å². The Hall–Kier alpha value is -1.24. The molecule has 0 radical (unpaired) electrons. The summed E-state index contributed by atoms with van der Waals surface area (Å²) in [7, 11) is 0. The van der Waals surface area contributed by atoms with Crippen molar-refractivity contribution in [1.82, 2.24) is 15.1 Å². The van der Waals surface area contributed by atoms with Gasteiger partial charge in [-0.05, 0) is 0 Å². The van der Waals surface area contributed by atoms with E-state index in [9.17, 15) is 13.2 Å². The van der Waals surface area contributed by atoms with Crippen molar-refractivity contribution >= 4 is 0 Å². The molecule has 7 heteroatoms. The van der Waals surface area contributed by atoms with Crippen molar-refractivity contribution in [3.63, 3.8) is 0 Å². The van der Waals surface area contributed by atoms with Crippen molar-refractivity contribution in [3.05, 3.63) is 12.4 Å². The molecular formula is C9H12F3N3O. The minimum Gasteiger partial charge on any atom is -0.490 e. The summed E-state index contributed by atoms with van der Waals surface area (Å²) in [6, 6.07) is 0. The van der Waals surface area contributed by atoms with Crippen LogP contribution in [-0.4, -0.2) is 35.7 Å². The first-order chi connectivity index (χ1) is 7.53. The van der Waals surface area contributed by atoms with Gasteiger partial charge in [0.1, 0.15) is 6.54 Å². The SMILES string of the molecule is FC(F)(F)Cn1cc(OCC2CNC2)cn1. The zero-order valence-corrected chi connectivity index (χ0v) is 8.50. The minimum atomic E-state index is -4.25. The minimum absolute atomic E-state index is 0.385. The summed E-state index contributed by atoms with van der Waals surface area (Å²) in [5.41, 5.74) is 0. The van der Waals surface area contributed by atoms with E-state index in [4.69, 9.17) is 4.74 Å². The van der Waals surface area contributed by atoms with Gasteiger partial charge in [-0.15, -0.1) is 0 Å². The molecule has 0 amide bonds. The van der Waals surface area contributed by atoms with E-state index in [-0.39, 0.29) is 0 Å². The zero-order valence-electron chi connectivity index (χ0n) is 8.50. The zero-order chi connectivity index (χ0) is 11.6. The molecule has 4 nitrogen and oxygen atoms in total. The van der Waals surface area contributed by atoms with Gasteiger partial charge in [-0.2, -0.15) is 18.3 Å². The van der Waals surface area contributed by atoms with Crippen molar-refractivity contribution in [2.24, 2.45) is 5.92 Å². The fraction of sp³-hybridized carbons (Fsp3) is 0.667. The lowest BCUT2D eigenvalue weighted by Gasteiger charge is -2.26. The van der Waals surface area contributed by atoms with Crippen LogP contribution in [0.1, 0.15) is 0 Å². The van der Waals surface area contributed by atoms with E-state index in [1.165, 1.54) is 12.4 Å². The van der Waals surface area contributed by atoms with Crippen LogP contribution in [0.15, 0.2) is 12.4 Å². The van der Waals surface area contributed by atoms with Crippen LogP contribution in [0, 0.1) is 5.92 Å². The molecule has 0 saturated carbocycles. The van der Waals surface area contributed by atoms with E-state index in [1.54, 1.807) is 0 Å². The average molecular weight is 235 g/mol. The van der Waals surface area contributed by atoms with E-state index in [1.807, 2.05) is 0 Å². The lowest BCUT2D eigenvalue weighted by atomic mass is 10.1. The first-order valence-electron chi connectivity index (χ1n) is 4.96. The second-order valence-corrected chi connectivity index (χ2v) is 3.82. The highest BCUT2D eigenvalue weighted by Crippen LogP contribution is 2.19. The van der Waals surface area contributed by atoms with Gasteiger partial charge in [0.2, 0.25) is 0 Å². The smallest absolute Gasteiger partial charge is 0.408 e. The quantitative estimate of drug-likeness (QED) is 0.847. The summed E-state index contributed by atoms with van der Waals surface area (Å²) in [6.45, 7) is 1.24. The van der Waals surface area contributed by atoms with Gasteiger partial charge >= 0.3 is 6.18 Å². The van der Waals surface area contributed by atoms with Crippen LogP contribution >= 0.6 is 0 Å². The first kappa shape index (κ1) is 11.3. The molecular weight excluding hydrogens is 223 g/mol. The highest BCUT2D eigenvalue weighted by molar-refractivity contribution is 5.11. The first-order valence-corrected chi connectivity index (χ1v) is 4.96. The fourth-order valence-corrected chi connectivity index (χ4v) is 1.37. The van der Waals surface area contributed by atoms with Gasteiger partial charge < -0.3 is 10.1 Å². The summed E-state index contributed by atoms with van der Waals surface area (Å²) in [4.78, 5) is 0. The summed E-state index contributed by atoms with van der Waals surface area (Å²) < 4.78 is 42.2. The standard InChI is InChI=1S/C9H12F3N3O/c10-9(11,12)6-15-4-8(3-14-15)16-5-7-1-13-2-7/h3-4,7,13H,1-2,5-6H2. The van der Waals surface area contributed by atoms with Crippen molar-refractivity contribution < 1.29 is 17.9 Å². The van der Waals surface area contributed by atoms with Crippen LogP contribution in [0.2, 0.25) is 0 Å². The topological polar surface area (TPSA) is 39.1 Å². The maximum atomic E-state index is 12.0. The molecule has 0 atom stereocenters.